The number of esters is 1. The van der Waals surface area contributed by atoms with E-state index < -0.39 is 0 Å². The van der Waals surface area contributed by atoms with Gasteiger partial charge in [-0.2, -0.15) is 0 Å². The molecule has 0 aliphatic carbocycles. The van der Waals surface area contributed by atoms with Crippen LogP contribution >= 0.6 is 0 Å². The number of unbranched alkanes of at least 4 members (excludes halogenated alkanes) is 1. The van der Waals surface area contributed by atoms with Gasteiger partial charge in [0.2, 0.25) is 5.91 Å². The van der Waals surface area contributed by atoms with Crippen molar-refractivity contribution < 1.29 is 14.3 Å². The van der Waals surface area contributed by atoms with Crippen LogP contribution in [0, 0.1) is 5.92 Å². The number of hydrogen-bond acceptors (Lipinski definition) is 5. The van der Waals surface area contributed by atoms with Crippen molar-refractivity contribution in [2.75, 3.05) is 20.2 Å². The third-order valence-corrected chi connectivity index (χ3v) is 4.41. The molecule has 0 bridgehead atoms. The summed E-state index contributed by atoms with van der Waals surface area (Å²) in [5, 5.41) is 0. The fourth-order valence-electron chi connectivity index (χ4n) is 2.85. The highest BCUT2D eigenvalue weighted by molar-refractivity contribution is 5.77. The van der Waals surface area contributed by atoms with Gasteiger partial charge in [0.15, 0.2) is 0 Å². The number of piperidine rings is 1. The molecule has 24 heavy (non-hydrogen) atoms. The second-order valence-electron chi connectivity index (χ2n) is 6.13. The van der Waals surface area contributed by atoms with Crippen LogP contribution in [0.15, 0.2) is 17.2 Å². The van der Waals surface area contributed by atoms with Crippen molar-refractivity contribution in [1.29, 1.82) is 0 Å². The van der Waals surface area contributed by atoms with E-state index in [1.54, 1.807) is 4.90 Å². The maximum Gasteiger partial charge on any atom is 0.308 e. The monoisotopic (exact) mass is 335 g/mol. The number of hydrogen-bond donors (Lipinski definition) is 0. The van der Waals surface area contributed by atoms with Crippen LogP contribution in [0.4, 0.5) is 0 Å². The van der Waals surface area contributed by atoms with Gasteiger partial charge in [-0.3, -0.25) is 19.0 Å². The van der Waals surface area contributed by atoms with Crippen molar-refractivity contribution in [2.45, 2.75) is 45.6 Å². The summed E-state index contributed by atoms with van der Waals surface area (Å²) in [7, 11) is 1.38. The lowest BCUT2D eigenvalue weighted by Crippen LogP contribution is -2.43. The van der Waals surface area contributed by atoms with Crippen LogP contribution in [0.1, 0.15) is 38.3 Å². The molecule has 1 aromatic heterocycles. The van der Waals surface area contributed by atoms with Gasteiger partial charge in [-0.25, -0.2) is 4.98 Å². The smallest absolute Gasteiger partial charge is 0.308 e. The van der Waals surface area contributed by atoms with Crippen molar-refractivity contribution in [1.82, 2.24) is 14.5 Å². The van der Waals surface area contributed by atoms with Gasteiger partial charge in [-0.1, -0.05) is 13.3 Å². The number of aromatic nitrogens is 2. The Labute approximate surface area is 141 Å². The highest BCUT2D eigenvalue weighted by atomic mass is 16.5. The Morgan fingerprint density at radius 1 is 1.33 bits per heavy atom. The van der Waals surface area contributed by atoms with Crippen molar-refractivity contribution in [3.05, 3.63) is 28.4 Å². The predicted octanol–water partition coefficient (Wildman–Crippen LogP) is 0.998. The van der Waals surface area contributed by atoms with Crippen LogP contribution in [-0.2, 0) is 27.3 Å². The highest BCUT2D eigenvalue weighted by Crippen LogP contribution is 2.18. The molecule has 1 aliphatic rings. The van der Waals surface area contributed by atoms with Gasteiger partial charge in [0.25, 0.3) is 5.56 Å². The molecule has 1 aliphatic heterocycles. The zero-order valence-electron chi connectivity index (χ0n) is 14.4. The zero-order valence-corrected chi connectivity index (χ0v) is 14.4. The Bertz CT molecular complexity index is 633. The fourth-order valence-corrected chi connectivity index (χ4v) is 2.85. The van der Waals surface area contributed by atoms with Crippen LogP contribution in [-0.4, -0.2) is 46.5 Å². The van der Waals surface area contributed by atoms with E-state index in [0.717, 1.165) is 25.0 Å². The first-order valence-electron chi connectivity index (χ1n) is 8.46. The number of methoxy groups -OCH3 is 1. The van der Waals surface area contributed by atoms with E-state index in [1.165, 1.54) is 24.1 Å². The van der Waals surface area contributed by atoms with Crippen LogP contribution in [0.25, 0.3) is 0 Å². The van der Waals surface area contributed by atoms with Gasteiger partial charge < -0.3 is 9.64 Å². The maximum absolute atomic E-state index is 12.3. The molecule has 2 rings (SSSR count). The van der Waals surface area contributed by atoms with Crippen LogP contribution in [0.2, 0.25) is 0 Å². The summed E-state index contributed by atoms with van der Waals surface area (Å²) in [5.74, 6) is -0.477. The number of carbonyl (C=O) groups excluding carboxylic acids is 2. The van der Waals surface area contributed by atoms with Gasteiger partial charge >= 0.3 is 5.97 Å². The molecule has 0 radical (unpaired) electrons. The van der Waals surface area contributed by atoms with Gasteiger partial charge in [0.1, 0.15) is 6.54 Å². The lowest BCUT2D eigenvalue weighted by atomic mass is 9.97. The highest BCUT2D eigenvalue weighted by Gasteiger charge is 2.27. The predicted molar refractivity (Wildman–Crippen MR) is 88.4 cm³/mol. The Morgan fingerprint density at radius 3 is 2.62 bits per heavy atom. The lowest BCUT2D eigenvalue weighted by molar-refractivity contribution is -0.149. The molecule has 1 aromatic rings. The second-order valence-corrected chi connectivity index (χ2v) is 6.13. The van der Waals surface area contributed by atoms with E-state index in [2.05, 4.69) is 11.9 Å². The largest absolute Gasteiger partial charge is 0.469 e. The minimum Gasteiger partial charge on any atom is -0.469 e. The summed E-state index contributed by atoms with van der Waals surface area (Å²) in [6, 6.07) is 1.51. The van der Waals surface area contributed by atoms with Gasteiger partial charge in [0, 0.05) is 24.8 Å². The molecular formula is C17H25N3O4. The Hall–Kier alpha value is -2.18. The standard InChI is InChI=1S/C17H25N3O4/c1-3-4-5-14-10-15(21)20(12-18-14)11-16(22)19-8-6-13(7-9-19)17(23)24-2/h10,12-13H,3-9,11H2,1-2H3. The Balaban J connectivity index is 1.91. The summed E-state index contributed by atoms with van der Waals surface area (Å²) < 4.78 is 6.08. The van der Waals surface area contributed by atoms with Gasteiger partial charge in [0.05, 0.1) is 19.4 Å². The van der Waals surface area contributed by atoms with Crippen molar-refractivity contribution in [2.24, 2.45) is 5.92 Å². The van der Waals surface area contributed by atoms with E-state index in [1.807, 2.05) is 0 Å². The number of carbonyl (C=O) groups is 2. The van der Waals surface area contributed by atoms with Crippen LogP contribution in [0.5, 0.6) is 0 Å². The number of ether oxygens (including phenoxy) is 1. The number of rotatable bonds is 6. The summed E-state index contributed by atoms with van der Waals surface area (Å²) in [6.45, 7) is 3.09. The average molecular weight is 335 g/mol. The zero-order chi connectivity index (χ0) is 17.5. The molecule has 7 nitrogen and oxygen atoms in total. The topological polar surface area (TPSA) is 81.5 Å². The van der Waals surface area contributed by atoms with Crippen molar-refractivity contribution in [3.63, 3.8) is 0 Å². The van der Waals surface area contributed by atoms with E-state index in [0.29, 0.717) is 25.9 Å². The third kappa shape index (κ3) is 4.66. The summed E-state index contributed by atoms with van der Waals surface area (Å²) in [6.07, 6.45) is 5.46. The SMILES string of the molecule is CCCCc1cc(=O)n(CC(=O)N2CCC(C(=O)OC)CC2)cn1. The normalized spacial score (nSPS) is 15.3. The van der Waals surface area contributed by atoms with Crippen LogP contribution < -0.4 is 5.56 Å². The maximum atomic E-state index is 12.3. The molecule has 7 heteroatoms. The number of nitrogens with zero attached hydrogens (tertiary/aromatic N) is 3. The van der Waals surface area contributed by atoms with Gasteiger partial charge in [-0.15, -0.1) is 0 Å². The molecule has 1 saturated heterocycles. The molecule has 0 spiro atoms. The first-order valence-corrected chi connectivity index (χ1v) is 8.46. The minimum absolute atomic E-state index is 0.0111. The lowest BCUT2D eigenvalue weighted by Gasteiger charge is -2.30. The molecule has 0 N–H and O–H groups in total. The quantitative estimate of drug-likeness (QED) is 0.724. The molecule has 0 atom stereocenters. The number of aryl methyl sites for hydroxylation is 1. The van der Waals surface area contributed by atoms with Gasteiger partial charge in [-0.05, 0) is 25.7 Å². The average Bonchev–Trinajstić information content (AvgIpc) is 2.61. The molecule has 0 unspecified atom stereocenters. The van der Waals surface area contributed by atoms with E-state index in [-0.39, 0.29) is 29.9 Å². The molecule has 0 aromatic carbocycles. The van der Waals surface area contributed by atoms with E-state index in [4.69, 9.17) is 4.74 Å². The number of likely N-dealkylation sites (tertiary alicyclic amines) is 1. The number of amides is 1. The Kier molecular flexibility index (Phi) is 6.52. The fraction of sp³-hybridized carbons (Fsp3) is 0.647. The molecule has 1 amide bonds. The molecule has 132 valence electrons. The van der Waals surface area contributed by atoms with E-state index in [9.17, 15) is 14.4 Å². The Morgan fingerprint density at radius 2 is 2.04 bits per heavy atom. The summed E-state index contributed by atoms with van der Waals surface area (Å²) in [5.41, 5.74) is 0.568. The summed E-state index contributed by atoms with van der Waals surface area (Å²) >= 11 is 0. The van der Waals surface area contributed by atoms with Crippen molar-refractivity contribution in [3.8, 4) is 0 Å². The minimum atomic E-state index is -0.217. The van der Waals surface area contributed by atoms with Crippen LogP contribution in [0.3, 0.4) is 0 Å². The molecule has 2 heterocycles. The van der Waals surface area contributed by atoms with E-state index >= 15 is 0 Å². The van der Waals surface area contributed by atoms with Crippen molar-refractivity contribution >= 4 is 11.9 Å². The third-order valence-electron chi connectivity index (χ3n) is 4.41. The molecule has 0 saturated carbocycles. The first kappa shape index (κ1) is 18.2. The molecule has 1 fully saturated rings. The molecular weight excluding hydrogens is 310 g/mol. The first-order chi connectivity index (χ1) is 11.5. The second kappa shape index (κ2) is 8.61. The summed E-state index contributed by atoms with van der Waals surface area (Å²) in [4.78, 5) is 41.9.